The zero-order valence-corrected chi connectivity index (χ0v) is 12.8. The molecule has 0 aliphatic rings. The third-order valence-electron chi connectivity index (χ3n) is 3.22. The number of terminal acetylenes is 1. The summed E-state index contributed by atoms with van der Waals surface area (Å²) in [6, 6.07) is 10.1. The maximum Gasteiger partial charge on any atom is 0.153 e. The van der Waals surface area contributed by atoms with Crippen molar-refractivity contribution in [1.29, 1.82) is 0 Å². The van der Waals surface area contributed by atoms with Gasteiger partial charge in [-0.1, -0.05) is 30.3 Å². The van der Waals surface area contributed by atoms with Gasteiger partial charge in [0, 0.05) is 18.8 Å². The van der Waals surface area contributed by atoms with Crippen molar-refractivity contribution in [3.8, 4) is 12.3 Å². The molecule has 104 valence electrons. The molecule has 21 heavy (non-hydrogen) atoms. The fraction of sp³-hybridized carbons (Fsp3) is 0.125. The molecule has 4 nitrogen and oxygen atoms in total. The lowest BCUT2D eigenvalue weighted by atomic mass is 10.0. The Bertz CT molecular complexity index is 789. The van der Waals surface area contributed by atoms with Crippen molar-refractivity contribution in [2.45, 2.75) is 12.5 Å². The van der Waals surface area contributed by atoms with Gasteiger partial charge >= 0.3 is 0 Å². The van der Waals surface area contributed by atoms with Crippen LogP contribution in [0.3, 0.4) is 0 Å². The molecule has 2 heterocycles. The Morgan fingerprint density at radius 3 is 2.90 bits per heavy atom. The molecular formula is C16H13BrN4. The molecule has 0 fully saturated rings. The van der Waals surface area contributed by atoms with Gasteiger partial charge in [0.15, 0.2) is 5.82 Å². The summed E-state index contributed by atoms with van der Waals surface area (Å²) in [5, 5.41) is 7.68. The van der Waals surface area contributed by atoms with Gasteiger partial charge in [0.05, 0.1) is 16.7 Å². The zero-order valence-electron chi connectivity index (χ0n) is 11.2. The number of anilines is 1. The SMILES string of the molecule is C#CCC(Nc1nccn2ncc(Br)c12)c1ccccc1. The van der Waals surface area contributed by atoms with Crippen LogP contribution in [0.5, 0.6) is 0 Å². The molecule has 5 heteroatoms. The number of rotatable bonds is 4. The summed E-state index contributed by atoms with van der Waals surface area (Å²) in [5.74, 6) is 3.47. The van der Waals surface area contributed by atoms with Crippen LogP contribution in [0, 0.1) is 12.3 Å². The van der Waals surface area contributed by atoms with Gasteiger partial charge < -0.3 is 5.32 Å². The van der Waals surface area contributed by atoms with Crippen molar-refractivity contribution >= 4 is 27.3 Å². The van der Waals surface area contributed by atoms with Crippen LogP contribution in [0.15, 0.2) is 53.4 Å². The zero-order chi connectivity index (χ0) is 14.7. The third-order valence-corrected chi connectivity index (χ3v) is 3.80. The Morgan fingerprint density at radius 2 is 2.14 bits per heavy atom. The lowest BCUT2D eigenvalue weighted by molar-refractivity contribution is 0.804. The van der Waals surface area contributed by atoms with Crippen molar-refractivity contribution in [2.24, 2.45) is 0 Å². The van der Waals surface area contributed by atoms with Crippen molar-refractivity contribution < 1.29 is 0 Å². The molecule has 1 aromatic carbocycles. The number of aromatic nitrogens is 3. The second-order valence-electron chi connectivity index (χ2n) is 4.58. The molecule has 0 amide bonds. The van der Waals surface area contributed by atoms with Gasteiger partial charge in [-0.3, -0.25) is 0 Å². The van der Waals surface area contributed by atoms with Gasteiger partial charge in [-0.2, -0.15) is 5.10 Å². The highest BCUT2D eigenvalue weighted by atomic mass is 79.9. The van der Waals surface area contributed by atoms with Gasteiger partial charge in [0.25, 0.3) is 0 Å². The van der Waals surface area contributed by atoms with E-state index < -0.39 is 0 Å². The number of halogens is 1. The highest BCUT2D eigenvalue weighted by Gasteiger charge is 2.14. The van der Waals surface area contributed by atoms with Crippen molar-refractivity contribution in [3.05, 3.63) is 59.0 Å². The Hall–Kier alpha value is -2.32. The summed E-state index contributed by atoms with van der Waals surface area (Å²) >= 11 is 3.50. The Morgan fingerprint density at radius 1 is 1.33 bits per heavy atom. The first kappa shape index (κ1) is 13.7. The summed E-state index contributed by atoms with van der Waals surface area (Å²) in [6.45, 7) is 0. The maximum atomic E-state index is 5.51. The van der Waals surface area contributed by atoms with E-state index >= 15 is 0 Å². The highest BCUT2D eigenvalue weighted by molar-refractivity contribution is 9.10. The summed E-state index contributed by atoms with van der Waals surface area (Å²) in [6.07, 6.45) is 11.4. The van der Waals surface area contributed by atoms with E-state index in [4.69, 9.17) is 6.42 Å². The molecule has 1 N–H and O–H groups in total. The molecule has 1 unspecified atom stereocenters. The molecule has 3 rings (SSSR count). The molecular weight excluding hydrogens is 328 g/mol. The second-order valence-corrected chi connectivity index (χ2v) is 5.43. The Balaban J connectivity index is 1.99. The molecule has 0 aliphatic carbocycles. The number of benzene rings is 1. The normalized spacial score (nSPS) is 12.0. The molecule has 1 atom stereocenters. The topological polar surface area (TPSA) is 42.2 Å². The summed E-state index contributed by atoms with van der Waals surface area (Å²) in [7, 11) is 0. The molecule has 0 aliphatic heterocycles. The van der Waals surface area contributed by atoms with Crippen LogP contribution in [0.1, 0.15) is 18.0 Å². The van der Waals surface area contributed by atoms with E-state index in [2.05, 4.69) is 49.4 Å². The minimum absolute atomic E-state index is 0.0108. The molecule has 0 spiro atoms. The summed E-state index contributed by atoms with van der Waals surface area (Å²) in [4.78, 5) is 4.42. The third kappa shape index (κ3) is 2.76. The maximum absolute atomic E-state index is 5.51. The number of nitrogens with zero attached hydrogens (tertiary/aromatic N) is 3. The lowest BCUT2D eigenvalue weighted by Gasteiger charge is -2.18. The monoisotopic (exact) mass is 340 g/mol. The molecule has 0 radical (unpaired) electrons. The molecule has 0 bridgehead atoms. The first-order chi connectivity index (χ1) is 10.3. The van der Waals surface area contributed by atoms with Crippen LogP contribution in [-0.4, -0.2) is 14.6 Å². The molecule has 2 aromatic heterocycles. The summed E-state index contributed by atoms with van der Waals surface area (Å²) < 4.78 is 2.67. The number of hydrogen-bond donors (Lipinski definition) is 1. The predicted octanol–water partition coefficient (Wildman–Crippen LogP) is 3.67. The average Bonchev–Trinajstić information content (AvgIpc) is 2.90. The minimum Gasteiger partial charge on any atom is -0.360 e. The van der Waals surface area contributed by atoms with Gasteiger partial charge in [0.1, 0.15) is 5.52 Å². The van der Waals surface area contributed by atoms with E-state index in [9.17, 15) is 0 Å². The molecule has 3 aromatic rings. The van der Waals surface area contributed by atoms with Gasteiger partial charge in [-0.25, -0.2) is 9.50 Å². The van der Waals surface area contributed by atoms with E-state index in [1.165, 1.54) is 0 Å². The number of hydrogen-bond acceptors (Lipinski definition) is 3. The minimum atomic E-state index is 0.0108. The fourth-order valence-corrected chi connectivity index (χ4v) is 2.70. The second kappa shape index (κ2) is 5.98. The van der Waals surface area contributed by atoms with Crippen molar-refractivity contribution in [3.63, 3.8) is 0 Å². The van der Waals surface area contributed by atoms with E-state index in [1.54, 1.807) is 16.9 Å². The van der Waals surface area contributed by atoms with Crippen LogP contribution >= 0.6 is 15.9 Å². The fourth-order valence-electron chi connectivity index (χ4n) is 2.23. The van der Waals surface area contributed by atoms with Gasteiger partial charge in [0.2, 0.25) is 0 Å². The Labute approximate surface area is 131 Å². The number of nitrogens with one attached hydrogen (secondary N) is 1. The van der Waals surface area contributed by atoms with Crippen LogP contribution in [0.4, 0.5) is 5.82 Å². The van der Waals surface area contributed by atoms with E-state index in [0.29, 0.717) is 6.42 Å². The lowest BCUT2D eigenvalue weighted by Crippen LogP contribution is -2.12. The van der Waals surface area contributed by atoms with Crippen molar-refractivity contribution in [1.82, 2.24) is 14.6 Å². The van der Waals surface area contributed by atoms with Crippen LogP contribution in [0.2, 0.25) is 0 Å². The van der Waals surface area contributed by atoms with E-state index in [0.717, 1.165) is 21.4 Å². The first-order valence-electron chi connectivity index (χ1n) is 6.52. The van der Waals surface area contributed by atoms with E-state index in [-0.39, 0.29) is 6.04 Å². The quantitative estimate of drug-likeness (QED) is 0.737. The molecule has 0 saturated heterocycles. The number of fused-ring (bicyclic) bond motifs is 1. The van der Waals surface area contributed by atoms with E-state index in [1.807, 2.05) is 24.4 Å². The van der Waals surface area contributed by atoms with Crippen LogP contribution in [-0.2, 0) is 0 Å². The largest absolute Gasteiger partial charge is 0.360 e. The first-order valence-corrected chi connectivity index (χ1v) is 7.31. The standard InChI is InChI=1S/C16H13BrN4/c1-2-6-14(12-7-4-3-5-8-12)20-16-15-13(17)11-19-21(15)10-9-18-16/h1,3-5,7-11,14H,6H2,(H,18,20). The smallest absolute Gasteiger partial charge is 0.153 e. The van der Waals surface area contributed by atoms with Gasteiger partial charge in [-0.05, 0) is 21.5 Å². The molecule has 0 saturated carbocycles. The average molecular weight is 341 g/mol. The van der Waals surface area contributed by atoms with Crippen LogP contribution in [0.25, 0.3) is 5.52 Å². The van der Waals surface area contributed by atoms with Crippen LogP contribution < -0.4 is 5.32 Å². The predicted molar refractivity (Wildman–Crippen MR) is 86.9 cm³/mol. The summed E-state index contributed by atoms with van der Waals surface area (Å²) in [5.41, 5.74) is 2.03. The van der Waals surface area contributed by atoms with Gasteiger partial charge in [-0.15, -0.1) is 12.3 Å². The Kier molecular flexibility index (Phi) is 3.89. The highest BCUT2D eigenvalue weighted by Crippen LogP contribution is 2.27. The van der Waals surface area contributed by atoms with Crippen molar-refractivity contribution in [2.75, 3.05) is 5.32 Å².